The molecular formula is C14H11N3O. The van der Waals surface area contributed by atoms with E-state index in [9.17, 15) is 0 Å². The third-order valence-corrected chi connectivity index (χ3v) is 3.31. The van der Waals surface area contributed by atoms with E-state index in [1.807, 2.05) is 19.1 Å². The molecule has 0 aliphatic rings. The molecule has 4 aromatic rings. The Kier molecular flexibility index (Phi) is 1.66. The number of pyridine rings is 1. The van der Waals surface area contributed by atoms with Gasteiger partial charge in [-0.25, -0.2) is 15.1 Å². The highest BCUT2D eigenvalue weighted by atomic mass is 16.5. The smallest absolute Gasteiger partial charge is 0.183 e. The molecule has 0 atom stereocenters. The van der Waals surface area contributed by atoms with Crippen molar-refractivity contribution in [2.45, 2.75) is 13.8 Å². The third kappa shape index (κ3) is 1.14. The van der Waals surface area contributed by atoms with Gasteiger partial charge < -0.3 is 4.52 Å². The molecule has 18 heavy (non-hydrogen) atoms. The van der Waals surface area contributed by atoms with Crippen LogP contribution in [0.4, 0.5) is 0 Å². The highest BCUT2D eigenvalue weighted by Crippen LogP contribution is 2.28. The zero-order valence-electron chi connectivity index (χ0n) is 10.1. The van der Waals surface area contributed by atoms with Gasteiger partial charge in [0.25, 0.3) is 0 Å². The van der Waals surface area contributed by atoms with E-state index in [-0.39, 0.29) is 0 Å². The normalized spacial score (nSPS) is 11.9. The van der Waals surface area contributed by atoms with Gasteiger partial charge in [-0.2, -0.15) is 0 Å². The van der Waals surface area contributed by atoms with Gasteiger partial charge >= 0.3 is 0 Å². The lowest BCUT2D eigenvalue weighted by Crippen LogP contribution is -1.79. The fourth-order valence-corrected chi connectivity index (χ4v) is 2.37. The largest absolute Gasteiger partial charge is 0.380 e. The van der Waals surface area contributed by atoms with Crippen LogP contribution in [0.3, 0.4) is 0 Å². The van der Waals surface area contributed by atoms with Crippen LogP contribution < -0.4 is 0 Å². The van der Waals surface area contributed by atoms with E-state index in [4.69, 9.17) is 4.52 Å². The molecule has 0 saturated heterocycles. The van der Waals surface area contributed by atoms with E-state index in [2.05, 4.69) is 34.2 Å². The summed E-state index contributed by atoms with van der Waals surface area (Å²) in [5, 5.41) is 5.01. The molecule has 1 N–H and O–H groups in total. The predicted octanol–water partition coefficient (Wildman–Crippen LogP) is 3.47. The lowest BCUT2D eigenvalue weighted by Gasteiger charge is -1.92. The molecule has 3 heterocycles. The number of rotatable bonds is 0. The molecule has 0 saturated carbocycles. The van der Waals surface area contributed by atoms with E-state index < -0.39 is 0 Å². The Balaban J connectivity index is 2.25. The number of hydrogen-bond acceptors (Lipinski definition) is 3. The molecular weight excluding hydrogens is 226 g/mol. The number of aryl methyl sites for hydroxylation is 2. The average molecular weight is 237 g/mol. The second-order valence-corrected chi connectivity index (χ2v) is 4.67. The molecule has 88 valence electrons. The Hall–Kier alpha value is -2.36. The number of H-pyrrole nitrogens is 1. The molecule has 0 radical (unpaired) electrons. The Bertz CT molecular complexity index is 901. The fraction of sp³-hybridized carbons (Fsp3) is 0.143. The van der Waals surface area contributed by atoms with Crippen LogP contribution in [0.25, 0.3) is 33.0 Å². The molecule has 0 aliphatic heterocycles. The number of aromatic nitrogens is 3. The van der Waals surface area contributed by atoms with Crippen molar-refractivity contribution in [1.82, 2.24) is 15.1 Å². The predicted molar refractivity (Wildman–Crippen MR) is 70.6 cm³/mol. The van der Waals surface area contributed by atoms with Crippen molar-refractivity contribution in [1.29, 1.82) is 0 Å². The number of nitrogens with zero attached hydrogens (tertiary/aromatic N) is 2. The van der Waals surface area contributed by atoms with Crippen molar-refractivity contribution in [2.75, 3.05) is 0 Å². The monoisotopic (exact) mass is 237 g/mol. The van der Waals surface area contributed by atoms with E-state index in [0.717, 1.165) is 38.7 Å². The van der Waals surface area contributed by atoms with Gasteiger partial charge in [0.05, 0.1) is 11.2 Å². The number of fused-ring (bicyclic) bond motifs is 4. The lowest BCUT2D eigenvalue weighted by molar-refractivity contribution is 0.450. The van der Waals surface area contributed by atoms with E-state index in [1.54, 1.807) is 0 Å². The van der Waals surface area contributed by atoms with Crippen molar-refractivity contribution in [3.63, 3.8) is 0 Å². The Labute approximate surface area is 103 Å². The summed E-state index contributed by atoms with van der Waals surface area (Å²) >= 11 is 0. The van der Waals surface area contributed by atoms with Crippen molar-refractivity contribution < 1.29 is 4.52 Å². The molecule has 3 aromatic heterocycles. The SMILES string of the molecule is Cc1ccc2nc3nc4c(C)[nH]oc4cc3c2c1. The zero-order valence-corrected chi connectivity index (χ0v) is 10.1. The van der Waals surface area contributed by atoms with Gasteiger partial charge in [0.1, 0.15) is 5.52 Å². The van der Waals surface area contributed by atoms with Gasteiger partial charge in [-0.05, 0) is 32.0 Å². The Morgan fingerprint density at radius 3 is 2.83 bits per heavy atom. The third-order valence-electron chi connectivity index (χ3n) is 3.31. The number of aromatic amines is 1. The minimum Gasteiger partial charge on any atom is -0.380 e. The summed E-state index contributed by atoms with van der Waals surface area (Å²) in [4.78, 5) is 9.13. The van der Waals surface area contributed by atoms with Gasteiger partial charge in [-0.3, -0.25) is 0 Å². The van der Waals surface area contributed by atoms with E-state index >= 15 is 0 Å². The second-order valence-electron chi connectivity index (χ2n) is 4.67. The van der Waals surface area contributed by atoms with Crippen LogP contribution in [0.2, 0.25) is 0 Å². The zero-order chi connectivity index (χ0) is 12.3. The van der Waals surface area contributed by atoms with Gasteiger partial charge in [0.2, 0.25) is 0 Å². The first-order chi connectivity index (χ1) is 8.72. The molecule has 0 aliphatic carbocycles. The maximum atomic E-state index is 5.39. The van der Waals surface area contributed by atoms with E-state index in [1.165, 1.54) is 5.56 Å². The first-order valence-electron chi connectivity index (χ1n) is 5.87. The van der Waals surface area contributed by atoms with E-state index in [0.29, 0.717) is 0 Å². The minimum atomic E-state index is 0.774. The summed E-state index contributed by atoms with van der Waals surface area (Å²) in [7, 11) is 0. The fourth-order valence-electron chi connectivity index (χ4n) is 2.37. The van der Waals surface area contributed by atoms with Crippen molar-refractivity contribution >= 4 is 33.0 Å². The topological polar surface area (TPSA) is 54.7 Å². The van der Waals surface area contributed by atoms with Crippen LogP contribution >= 0.6 is 0 Å². The van der Waals surface area contributed by atoms with Crippen LogP contribution in [0.15, 0.2) is 28.8 Å². The number of hydrogen-bond donors (Lipinski definition) is 1. The van der Waals surface area contributed by atoms with Crippen molar-refractivity contribution in [2.24, 2.45) is 0 Å². The Morgan fingerprint density at radius 2 is 1.94 bits per heavy atom. The van der Waals surface area contributed by atoms with Crippen molar-refractivity contribution in [3.05, 3.63) is 35.5 Å². The minimum absolute atomic E-state index is 0.774. The first kappa shape index (κ1) is 9.65. The maximum Gasteiger partial charge on any atom is 0.183 e. The van der Waals surface area contributed by atoms with Crippen LogP contribution in [-0.4, -0.2) is 15.1 Å². The van der Waals surface area contributed by atoms with Crippen LogP contribution in [0.1, 0.15) is 11.3 Å². The highest BCUT2D eigenvalue weighted by molar-refractivity contribution is 6.08. The maximum absolute atomic E-state index is 5.39. The highest BCUT2D eigenvalue weighted by Gasteiger charge is 2.11. The molecule has 0 spiro atoms. The molecule has 4 rings (SSSR count). The van der Waals surface area contributed by atoms with Crippen LogP contribution in [-0.2, 0) is 0 Å². The summed E-state index contributed by atoms with van der Waals surface area (Å²) in [5.41, 5.74) is 5.53. The Morgan fingerprint density at radius 1 is 1.06 bits per heavy atom. The molecule has 0 fully saturated rings. The summed E-state index contributed by atoms with van der Waals surface area (Å²) in [6.45, 7) is 4.02. The van der Waals surface area contributed by atoms with Gasteiger partial charge in [0.15, 0.2) is 11.2 Å². The molecule has 4 heteroatoms. The molecule has 1 aromatic carbocycles. The quantitative estimate of drug-likeness (QED) is 0.509. The number of nitrogens with one attached hydrogen (secondary N) is 1. The van der Waals surface area contributed by atoms with Gasteiger partial charge in [-0.1, -0.05) is 11.6 Å². The second kappa shape index (κ2) is 3.10. The van der Waals surface area contributed by atoms with Crippen LogP contribution in [0, 0.1) is 13.8 Å². The summed E-state index contributed by atoms with van der Waals surface area (Å²) in [6, 6.07) is 8.25. The molecule has 0 unspecified atom stereocenters. The summed E-state index contributed by atoms with van der Waals surface area (Å²) in [6.07, 6.45) is 0. The molecule has 0 amide bonds. The average Bonchev–Trinajstić information content (AvgIpc) is 2.89. The van der Waals surface area contributed by atoms with Gasteiger partial charge in [0, 0.05) is 10.8 Å². The lowest BCUT2D eigenvalue weighted by atomic mass is 10.1. The standard InChI is InChI=1S/C14H11N3O/c1-7-3-4-11-9(5-7)10-6-12-13(8(2)17-18-12)16-14(10)15-11/h3-6,17H,1-2H3. The molecule has 0 bridgehead atoms. The summed E-state index contributed by atoms with van der Waals surface area (Å²) in [5.74, 6) is 0. The first-order valence-corrected chi connectivity index (χ1v) is 5.87. The molecule has 4 nitrogen and oxygen atoms in total. The van der Waals surface area contributed by atoms with Crippen LogP contribution in [0.5, 0.6) is 0 Å². The van der Waals surface area contributed by atoms with Crippen molar-refractivity contribution in [3.8, 4) is 0 Å². The van der Waals surface area contributed by atoms with Gasteiger partial charge in [-0.15, -0.1) is 0 Å². The number of benzene rings is 1. The summed E-state index contributed by atoms with van der Waals surface area (Å²) < 4.78 is 5.39.